The van der Waals surface area contributed by atoms with Gasteiger partial charge in [-0.1, -0.05) is 5.16 Å². The Hall–Kier alpha value is -1.64. The first-order valence-corrected chi connectivity index (χ1v) is 6.08. The van der Waals surface area contributed by atoms with Gasteiger partial charge < -0.3 is 14.5 Å². The van der Waals surface area contributed by atoms with Crippen LogP contribution in [0.25, 0.3) is 0 Å². The summed E-state index contributed by atoms with van der Waals surface area (Å²) in [7, 11) is 0. The van der Waals surface area contributed by atoms with E-state index in [0.717, 1.165) is 0 Å². The Labute approximate surface area is 112 Å². The molecule has 6 nitrogen and oxygen atoms in total. The molecular weight excluding hydrogens is 279 g/mol. The summed E-state index contributed by atoms with van der Waals surface area (Å²) < 4.78 is 42.5. The van der Waals surface area contributed by atoms with Crippen molar-refractivity contribution in [1.82, 2.24) is 15.0 Å². The molecular formula is C11H14F3N3O3. The number of carbonyl (C=O) groups excluding carboxylic acids is 1. The first kappa shape index (κ1) is 14.8. The van der Waals surface area contributed by atoms with Gasteiger partial charge in [0.25, 0.3) is 5.89 Å². The van der Waals surface area contributed by atoms with Gasteiger partial charge >= 0.3 is 6.18 Å². The molecule has 1 N–H and O–H groups in total. The van der Waals surface area contributed by atoms with E-state index in [1.807, 2.05) is 0 Å². The Morgan fingerprint density at radius 2 is 2.20 bits per heavy atom. The van der Waals surface area contributed by atoms with Crippen LogP contribution in [0.4, 0.5) is 13.2 Å². The van der Waals surface area contributed by atoms with Crippen molar-refractivity contribution < 1.29 is 27.6 Å². The average Bonchev–Trinajstić information content (AvgIpc) is 2.87. The molecule has 20 heavy (non-hydrogen) atoms. The van der Waals surface area contributed by atoms with E-state index >= 15 is 0 Å². The number of hydrogen-bond acceptors (Lipinski definition) is 5. The standard InChI is InChI=1S/C11H14F3N3O3/c1-10(19,11(12,13)14)9-15-8(16-20-9)7-3-2-4-17(5-7)6-18/h6-7,19H,2-5H2,1H3/t7-,10?/m1/s1. The summed E-state index contributed by atoms with van der Waals surface area (Å²) in [5.74, 6) is -1.09. The highest BCUT2D eigenvalue weighted by molar-refractivity contribution is 5.47. The molecule has 0 bridgehead atoms. The Morgan fingerprint density at radius 1 is 1.50 bits per heavy atom. The Bertz CT molecular complexity index is 487. The summed E-state index contributed by atoms with van der Waals surface area (Å²) in [6.07, 6.45) is -2.86. The molecule has 2 atom stereocenters. The van der Waals surface area contributed by atoms with Crippen LogP contribution in [0.2, 0.25) is 0 Å². The van der Waals surface area contributed by atoms with E-state index in [2.05, 4.69) is 14.7 Å². The van der Waals surface area contributed by atoms with Crippen molar-refractivity contribution in [1.29, 1.82) is 0 Å². The van der Waals surface area contributed by atoms with E-state index in [9.17, 15) is 23.1 Å². The summed E-state index contributed by atoms with van der Waals surface area (Å²) in [5.41, 5.74) is -3.18. The first-order valence-electron chi connectivity index (χ1n) is 6.08. The van der Waals surface area contributed by atoms with E-state index in [0.29, 0.717) is 39.3 Å². The second-order valence-corrected chi connectivity index (χ2v) is 4.97. The molecule has 1 saturated heterocycles. The normalized spacial score (nSPS) is 23.4. The maximum absolute atomic E-state index is 12.7. The molecule has 0 aliphatic carbocycles. The van der Waals surface area contributed by atoms with Crippen LogP contribution in [-0.2, 0) is 10.4 Å². The van der Waals surface area contributed by atoms with Gasteiger partial charge in [-0.05, 0) is 19.8 Å². The van der Waals surface area contributed by atoms with Crippen LogP contribution >= 0.6 is 0 Å². The largest absolute Gasteiger partial charge is 0.426 e. The van der Waals surface area contributed by atoms with Crippen LogP contribution < -0.4 is 0 Å². The molecule has 1 aromatic rings. The average molecular weight is 293 g/mol. The zero-order valence-corrected chi connectivity index (χ0v) is 10.7. The smallest absolute Gasteiger partial charge is 0.373 e. The lowest BCUT2D eigenvalue weighted by Crippen LogP contribution is -2.39. The van der Waals surface area contributed by atoms with Gasteiger partial charge in [0.05, 0.1) is 0 Å². The molecule has 1 aliphatic rings. The van der Waals surface area contributed by atoms with Gasteiger partial charge in [0.1, 0.15) is 0 Å². The number of aliphatic hydroxyl groups is 1. The van der Waals surface area contributed by atoms with Gasteiger partial charge in [0.2, 0.25) is 12.0 Å². The molecule has 2 rings (SSSR count). The Balaban J connectivity index is 2.19. The number of hydrogen-bond donors (Lipinski definition) is 1. The van der Waals surface area contributed by atoms with Crippen LogP contribution in [0.3, 0.4) is 0 Å². The number of piperidine rings is 1. The van der Waals surface area contributed by atoms with E-state index in [1.165, 1.54) is 4.90 Å². The first-order chi connectivity index (χ1) is 9.25. The SMILES string of the molecule is CC(O)(c1nc([C@@H]2CCCN(C=O)C2)no1)C(F)(F)F. The van der Waals surface area contributed by atoms with Crippen LogP contribution in [-0.4, -0.2) is 45.8 Å². The summed E-state index contributed by atoms with van der Waals surface area (Å²) in [6, 6.07) is 0. The number of likely N-dealkylation sites (tertiary alicyclic amines) is 1. The van der Waals surface area contributed by atoms with E-state index < -0.39 is 17.7 Å². The van der Waals surface area contributed by atoms with Crippen molar-refractivity contribution in [3.05, 3.63) is 11.7 Å². The molecule has 1 aromatic heterocycles. The molecule has 112 valence electrons. The number of aromatic nitrogens is 2. The third-order valence-electron chi connectivity index (χ3n) is 3.38. The number of carbonyl (C=O) groups is 1. The number of amides is 1. The fraction of sp³-hybridized carbons (Fsp3) is 0.727. The maximum atomic E-state index is 12.7. The third kappa shape index (κ3) is 2.62. The molecule has 2 heterocycles. The second kappa shape index (κ2) is 5.04. The number of alkyl halides is 3. The quantitative estimate of drug-likeness (QED) is 0.846. The van der Waals surface area contributed by atoms with Crippen LogP contribution in [0.1, 0.15) is 37.4 Å². The molecule has 1 fully saturated rings. The van der Waals surface area contributed by atoms with E-state index in [-0.39, 0.29) is 11.7 Å². The van der Waals surface area contributed by atoms with Crippen molar-refractivity contribution in [2.24, 2.45) is 0 Å². The fourth-order valence-electron chi connectivity index (χ4n) is 2.03. The molecule has 0 spiro atoms. The monoisotopic (exact) mass is 293 g/mol. The van der Waals surface area contributed by atoms with Gasteiger partial charge in [-0.15, -0.1) is 0 Å². The van der Waals surface area contributed by atoms with Crippen molar-refractivity contribution in [3.63, 3.8) is 0 Å². The lowest BCUT2D eigenvalue weighted by molar-refractivity contribution is -0.267. The Morgan fingerprint density at radius 3 is 2.80 bits per heavy atom. The molecule has 9 heteroatoms. The molecule has 1 amide bonds. The lowest BCUT2D eigenvalue weighted by Gasteiger charge is -2.27. The molecule has 0 saturated carbocycles. The van der Waals surface area contributed by atoms with Gasteiger partial charge in [-0.25, -0.2) is 0 Å². The third-order valence-corrected chi connectivity index (χ3v) is 3.38. The van der Waals surface area contributed by atoms with E-state index in [1.54, 1.807) is 0 Å². The van der Waals surface area contributed by atoms with Gasteiger partial charge in [-0.2, -0.15) is 18.2 Å². The predicted molar refractivity (Wildman–Crippen MR) is 59.5 cm³/mol. The minimum Gasteiger partial charge on any atom is -0.373 e. The predicted octanol–water partition coefficient (Wildman–Crippen LogP) is 1.18. The highest BCUT2D eigenvalue weighted by Crippen LogP contribution is 2.38. The number of rotatable bonds is 3. The molecule has 0 aromatic carbocycles. The van der Waals surface area contributed by atoms with Gasteiger partial charge in [-0.3, -0.25) is 4.79 Å². The van der Waals surface area contributed by atoms with Crippen molar-refractivity contribution in [2.75, 3.05) is 13.1 Å². The molecule has 0 radical (unpaired) electrons. The molecule has 1 unspecified atom stereocenters. The van der Waals surface area contributed by atoms with Crippen molar-refractivity contribution >= 4 is 6.41 Å². The second-order valence-electron chi connectivity index (χ2n) is 4.97. The maximum Gasteiger partial charge on any atom is 0.426 e. The van der Waals surface area contributed by atoms with E-state index in [4.69, 9.17) is 0 Å². The summed E-state index contributed by atoms with van der Waals surface area (Å²) in [6.45, 7) is 1.49. The summed E-state index contributed by atoms with van der Waals surface area (Å²) in [5, 5.41) is 12.9. The van der Waals surface area contributed by atoms with Gasteiger partial charge in [0, 0.05) is 19.0 Å². The minimum absolute atomic E-state index is 0.0797. The van der Waals surface area contributed by atoms with Crippen molar-refractivity contribution in [2.45, 2.75) is 37.5 Å². The fourth-order valence-corrected chi connectivity index (χ4v) is 2.03. The summed E-state index contributed by atoms with van der Waals surface area (Å²) >= 11 is 0. The van der Waals surface area contributed by atoms with Crippen LogP contribution in [0, 0.1) is 0 Å². The molecule has 1 aliphatic heterocycles. The number of nitrogens with zero attached hydrogens (tertiary/aromatic N) is 3. The van der Waals surface area contributed by atoms with Gasteiger partial charge in [0.15, 0.2) is 5.82 Å². The van der Waals surface area contributed by atoms with Crippen LogP contribution in [0.15, 0.2) is 4.52 Å². The lowest BCUT2D eigenvalue weighted by atomic mass is 9.98. The Kier molecular flexibility index (Phi) is 3.72. The van der Waals surface area contributed by atoms with Crippen molar-refractivity contribution in [3.8, 4) is 0 Å². The highest BCUT2D eigenvalue weighted by atomic mass is 19.4. The zero-order chi connectivity index (χ0) is 15.0. The topological polar surface area (TPSA) is 79.5 Å². The van der Waals surface area contributed by atoms with Crippen LogP contribution in [0.5, 0.6) is 0 Å². The highest BCUT2D eigenvalue weighted by Gasteiger charge is 2.55. The zero-order valence-electron chi connectivity index (χ0n) is 10.7. The minimum atomic E-state index is -4.90. The summed E-state index contributed by atoms with van der Waals surface area (Å²) in [4.78, 5) is 15.9. The number of halogens is 3.